The number of carboxylic acids is 1. The van der Waals surface area contributed by atoms with Gasteiger partial charge in [0.05, 0.1) is 12.8 Å². The van der Waals surface area contributed by atoms with Crippen LogP contribution in [0, 0.1) is 0 Å². The van der Waals surface area contributed by atoms with Gasteiger partial charge in [0.1, 0.15) is 11.8 Å². The number of hydrogen-bond donors (Lipinski definition) is 3. The van der Waals surface area contributed by atoms with Crippen molar-refractivity contribution in [3.63, 3.8) is 0 Å². The molecule has 0 radical (unpaired) electrons. The van der Waals surface area contributed by atoms with E-state index in [1.54, 1.807) is 32.4 Å². The van der Waals surface area contributed by atoms with Gasteiger partial charge in [-0.2, -0.15) is 0 Å². The maximum absolute atomic E-state index is 10.8. The summed E-state index contributed by atoms with van der Waals surface area (Å²) in [5.41, 5.74) is 0.668. The van der Waals surface area contributed by atoms with Gasteiger partial charge in [0.15, 0.2) is 0 Å². The second-order valence-corrected chi connectivity index (χ2v) is 3.84. The van der Waals surface area contributed by atoms with Gasteiger partial charge in [-0.15, -0.1) is 0 Å². The Kier molecular flexibility index (Phi) is 5.06. The molecule has 0 aliphatic rings. The molecule has 0 spiro atoms. The second-order valence-electron chi connectivity index (χ2n) is 3.41. The molecule has 0 fully saturated rings. The molecule has 0 aromatic heterocycles. The third kappa shape index (κ3) is 3.80. The first kappa shape index (κ1) is 13.6. The highest BCUT2D eigenvalue weighted by Gasteiger charge is 2.15. The van der Waals surface area contributed by atoms with Crippen LogP contribution in [-0.4, -0.2) is 37.8 Å². The lowest BCUT2D eigenvalue weighted by Gasteiger charge is -2.15. The largest absolute Gasteiger partial charge is 0.495 e. The standard InChI is InChI=1S/C11H15ClN2O3/c1-13-9(11(15)16)6-14-8-5-7(12)3-4-10(8)17-2/h3-5,9,13-14H,6H2,1-2H3,(H,15,16). The number of carbonyl (C=O) groups is 1. The Balaban J connectivity index is 2.73. The number of halogens is 1. The topological polar surface area (TPSA) is 70.6 Å². The molecule has 6 heteroatoms. The molecule has 3 N–H and O–H groups in total. The summed E-state index contributed by atoms with van der Waals surface area (Å²) < 4.78 is 5.14. The summed E-state index contributed by atoms with van der Waals surface area (Å²) in [4.78, 5) is 10.8. The zero-order valence-corrected chi connectivity index (χ0v) is 10.4. The van der Waals surface area contributed by atoms with Crippen molar-refractivity contribution >= 4 is 23.3 Å². The summed E-state index contributed by atoms with van der Waals surface area (Å²) in [6, 6.07) is 4.45. The molecule has 0 heterocycles. The van der Waals surface area contributed by atoms with E-state index in [1.807, 2.05) is 0 Å². The maximum Gasteiger partial charge on any atom is 0.322 e. The van der Waals surface area contributed by atoms with E-state index >= 15 is 0 Å². The Morgan fingerprint density at radius 1 is 1.59 bits per heavy atom. The lowest BCUT2D eigenvalue weighted by molar-refractivity contribution is -0.138. The lowest BCUT2D eigenvalue weighted by atomic mass is 10.2. The van der Waals surface area contributed by atoms with Crippen LogP contribution in [-0.2, 0) is 4.79 Å². The van der Waals surface area contributed by atoms with E-state index in [0.29, 0.717) is 16.5 Å². The quantitative estimate of drug-likeness (QED) is 0.720. The Morgan fingerprint density at radius 2 is 2.29 bits per heavy atom. The summed E-state index contributed by atoms with van der Waals surface area (Å²) >= 11 is 5.86. The van der Waals surface area contributed by atoms with Gasteiger partial charge in [0, 0.05) is 11.6 Å². The second kappa shape index (κ2) is 6.32. The Bertz CT molecular complexity index is 398. The Labute approximate surface area is 105 Å². The van der Waals surface area contributed by atoms with Gasteiger partial charge in [0.25, 0.3) is 0 Å². The molecule has 1 rings (SSSR count). The number of nitrogens with one attached hydrogen (secondary N) is 2. The van der Waals surface area contributed by atoms with E-state index < -0.39 is 12.0 Å². The highest BCUT2D eigenvalue weighted by Crippen LogP contribution is 2.27. The lowest BCUT2D eigenvalue weighted by Crippen LogP contribution is -2.39. The molecule has 0 aliphatic carbocycles. The molecule has 1 atom stereocenters. The number of aliphatic carboxylic acids is 1. The van der Waals surface area contributed by atoms with Gasteiger partial charge in [0.2, 0.25) is 0 Å². The summed E-state index contributed by atoms with van der Waals surface area (Å²) in [5, 5.41) is 15.1. The van der Waals surface area contributed by atoms with Crippen LogP contribution in [0.3, 0.4) is 0 Å². The average Bonchev–Trinajstić information content (AvgIpc) is 2.29. The zero-order chi connectivity index (χ0) is 12.8. The van der Waals surface area contributed by atoms with Crippen LogP contribution in [0.2, 0.25) is 5.02 Å². The number of ether oxygens (including phenoxy) is 1. The van der Waals surface area contributed by atoms with Gasteiger partial charge >= 0.3 is 5.97 Å². The molecule has 94 valence electrons. The van der Waals surface area contributed by atoms with Crippen molar-refractivity contribution in [3.8, 4) is 5.75 Å². The third-order valence-corrected chi connectivity index (χ3v) is 2.54. The van der Waals surface area contributed by atoms with Crippen molar-refractivity contribution in [2.75, 3.05) is 26.0 Å². The number of likely N-dealkylation sites (N-methyl/N-ethyl adjacent to an activating group) is 1. The van der Waals surface area contributed by atoms with Crippen LogP contribution < -0.4 is 15.4 Å². The molecule has 0 saturated heterocycles. The Morgan fingerprint density at radius 3 is 2.82 bits per heavy atom. The first-order valence-electron chi connectivity index (χ1n) is 5.06. The van der Waals surface area contributed by atoms with E-state index in [0.717, 1.165) is 0 Å². The van der Waals surface area contributed by atoms with Gasteiger partial charge in [-0.25, -0.2) is 0 Å². The van der Waals surface area contributed by atoms with Crippen LogP contribution in [0.5, 0.6) is 5.75 Å². The minimum Gasteiger partial charge on any atom is -0.495 e. The Hall–Kier alpha value is -1.46. The fourth-order valence-electron chi connectivity index (χ4n) is 1.34. The van der Waals surface area contributed by atoms with E-state index in [9.17, 15) is 4.79 Å². The molecule has 0 aliphatic heterocycles. The molecule has 17 heavy (non-hydrogen) atoms. The monoisotopic (exact) mass is 258 g/mol. The van der Waals surface area contributed by atoms with E-state index in [2.05, 4.69) is 10.6 Å². The summed E-state index contributed by atoms with van der Waals surface area (Å²) in [7, 11) is 3.14. The van der Waals surface area contributed by atoms with Gasteiger partial charge in [-0.1, -0.05) is 11.6 Å². The van der Waals surface area contributed by atoms with E-state index in [-0.39, 0.29) is 6.54 Å². The minimum absolute atomic E-state index is 0.239. The van der Waals surface area contributed by atoms with Crippen LogP contribution >= 0.6 is 11.6 Å². The fraction of sp³-hybridized carbons (Fsp3) is 0.364. The van der Waals surface area contributed by atoms with Crippen molar-refractivity contribution in [3.05, 3.63) is 23.2 Å². The van der Waals surface area contributed by atoms with Crippen molar-refractivity contribution in [2.45, 2.75) is 6.04 Å². The number of anilines is 1. The molecule has 0 saturated carbocycles. The average molecular weight is 259 g/mol. The van der Waals surface area contributed by atoms with Crippen molar-refractivity contribution in [1.29, 1.82) is 0 Å². The number of rotatable bonds is 6. The van der Waals surface area contributed by atoms with E-state index in [4.69, 9.17) is 21.4 Å². The normalized spacial score (nSPS) is 11.9. The first-order chi connectivity index (χ1) is 8.08. The van der Waals surface area contributed by atoms with Crippen LogP contribution in [0.1, 0.15) is 0 Å². The van der Waals surface area contributed by atoms with Gasteiger partial charge in [-0.05, 0) is 25.2 Å². The highest BCUT2D eigenvalue weighted by atomic mass is 35.5. The van der Waals surface area contributed by atoms with Crippen LogP contribution in [0.15, 0.2) is 18.2 Å². The molecule has 1 aromatic rings. The smallest absolute Gasteiger partial charge is 0.322 e. The molecule has 0 amide bonds. The first-order valence-corrected chi connectivity index (χ1v) is 5.43. The zero-order valence-electron chi connectivity index (χ0n) is 9.66. The van der Waals surface area contributed by atoms with Crippen molar-refractivity contribution < 1.29 is 14.6 Å². The summed E-state index contributed by atoms with van der Waals surface area (Å²) in [6.07, 6.45) is 0. The maximum atomic E-state index is 10.8. The third-order valence-electron chi connectivity index (χ3n) is 2.30. The summed E-state index contributed by atoms with van der Waals surface area (Å²) in [5.74, 6) is -0.296. The van der Waals surface area contributed by atoms with Gasteiger partial charge in [-0.3, -0.25) is 4.79 Å². The van der Waals surface area contributed by atoms with E-state index in [1.165, 1.54) is 0 Å². The molecular weight excluding hydrogens is 244 g/mol. The summed E-state index contributed by atoms with van der Waals surface area (Å²) in [6.45, 7) is 0.239. The fourth-order valence-corrected chi connectivity index (χ4v) is 1.52. The molecule has 0 bridgehead atoms. The molecule has 1 unspecified atom stereocenters. The number of methoxy groups -OCH3 is 1. The highest BCUT2D eigenvalue weighted by molar-refractivity contribution is 6.30. The number of hydrogen-bond acceptors (Lipinski definition) is 4. The number of carboxylic acid groups (broad SMARTS) is 1. The predicted molar refractivity (Wildman–Crippen MR) is 67.0 cm³/mol. The number of benzene rings is 1. The van der Waals surface area contributed by atoms with Gasteiger partial charge < -0.3 is 20.5 Å². The van der Waals surface area contributed by atoms with Crippen LogP contribution in [0.4, 0.5) is 5.69 Å². The minimum atomic E-state index is -0.916. The molecule has 1 aromatic carbocycles. The SMILES string of the molecule is CNC(CNc1cc(Cl)ccc1OC)C(=O)O. The molecule has 5 nitrogen and oxygen atoms in total. The van der Waals surface area contributed by atoms with Crippen LogP contribution in [0.25, 0.3) is 0 Å². The van der Waals surface area contributed by atoms with Crippen molar-refractivity contribution in [1.82, 2.24) is 5.32 Å². The predicted octanol–water partition coefficient (Wildman–Crippen LogP) is 1.43. The molecular formula is C11H15ClN2O3. The van der Waals surface area contributed by atoms with Crippen molar-refractivity contribution in [2.24, 2.45) is 0 Å².